The van der Waals surface area contributed by atoms with Crippen LogP contribution in [0, 0.1) is 17.8 Å². The zero-order valence-corrected chi connectivity index (χ0v) is 12.5. The Hall–Kier alpha value is -1.90. The number of aromatic nitrogens is 1. The zero-order chi connectivity index (χ0) is 15.2. The summed E-state index contributed by atoms with van der Waals surface area (Å²) in [6, 6.07) is 3.60. The minimum Gasteiger partial charge on any atom is -0.384 e. The minimum atomic E-state index is -0.184. The van der Waals surface area contributed by atoms with Crippen molar-refractivity contribution in [2.45, 2.75) is 19.4 Å². The molecule has 21 heavy (non-hydrogen) atoms. The number of piperidine rings is 1. The summed E-state index contributed by atoms with van der Waals surface area (Å²) in [6.07, 6.45) is 2.51. The number of amides is 1. The molecular weight excluding hydrogens is 266 g/mol. The highest BCUT2D eigenvalue weighted by atomic mass is 16.2. The fourth-order valence-corrected chi connectivity index (χ4v) is 2.55. The van der Waals surface area contributed by atoms with Crippen molar-refractivity contribution >= 4 is 5.91 Å². The lowest BCUT2D eigenvalue weighted by molar-refractivity contribution is 0.0879. The summed E-state index contributed by atoms with van der Waals surface area (Å²) in [6.45, 7) is 3.96. The number of aliphatic hydroxyl groups excluding tert-OH is 1. The number of carbonyl (C=O) groups is 1. The van der Waals surface area contributed by atoms with E-state index >= 15 is 0 Å². The van der Waals surface area contributed by atoms with E-state index in [2.05, 4.69) is 41.0 Å². The first kappa shape index (κ1) is 15.5. The number of likely N-dealkylation sites (tertiary alicyclic amines) is 1. The van der Waals surface area contributed by atoms with E-state index in [9.17, 15) is 4.79 Å². The zero-order valence-electron chi connectivity index (χ0n) is 12.5. The van der Waals surface area contributed by atoms with Crippen LogP contribution >= 0.6 is 0 Å². The van der Waals surface area contributed by atoms with E-state index < -0.39 is 0 Å². The highest BCUT2D eigenvalue weighted by Gasteiger charge is 2.25. The Morgan fingerprint density at radius 1 is 1.57 bits per heavy atom. The van der Waals surface area contributed by atoms with Crippen LogP contribution in [-0.2, 0) is 0 Å². The maximum Gasteiger partial charge on any atom is 0.270 e. The molecular formula is C16H21N3O2. The molecule has 5 nitrogen and oxygen atoms in total. The molecule has 2 N–H and O–H groups in total. The lowest BCUT2D eigenvalue weighted by Crippen LogP contribution is -2.49. The monoisotopic (exact) mass is 287 g/mol. The molecule has 0 radical (unpaired) electrons. The van der Waals surface area contributed by atoms with Crippen LogP contribution in [0.1, 0.15) is 29.4 Å². The first-order valence-corrected chi connectivity index (χ1v) is 7.15. The van der Waals surface area contributed by atoms with E-state index in [1.807, 2.05) is 0 Å². The summed E-state index contributed by atoms with van der Waals surface area (Å²) >= 11 is 0. The van der Waals surface area contributed by atoms with Gasteiger partial charge < -0.3 is 15.3 Å². The summed E-state index contributed by atoms with van der Waals surface area (Å²) in [5.74, 6) is 5.60. The van der Waals surface area contributed by atoms with Crippen LogP contribution in [0.5, 0.6) is 0 Å². The van der Waals surface area contributed by atoms with E-state index in [0.717, 1.165) is 19.5 Å². The number of nitrogens with one attached hydrogen (secondary N) is 1. The van der Waals surface area contributed by atoms with Crippen LogP contribution < -0.4 is 5.32 Å². The maximum absolute atomic E-state index is 12.2. The van der Waals surface area contributed by atoms with Crippen molar-refractivity contribution in [1.29, 1.82) is 0 Å². The summed E-state index contributed by atoms with van der Waals surface area (Å²) in [5, 5.41) is 11.7. The minimum absolute atomic E-state index is 0.141. The first-order valence-electron chi connectivity index (χ1n) is 7.15. The lowest BCUT2D eigenvalue weighted by atomic mass is 9.94. The lowest BCUT2D eigenvalue weighted by Gasteiger charge is -2.35. The van der Waals surface area contributed by atoms with Gasteiger partial charge in [0.1, 0.15) is 12.3 Å². The van der Waals surface area contributed by atoms with Crippen molar-refractivity contribution in [2.24, 2.45) is 5.92 Å². The molecule has 2 unspecified atom stereocenters. The second-order valence-electron chi connectivity index (χ2n) is 5.50. The molecule has 0 saturated carbocycles. The Balaban J connectivity index is 1.97. The van der Waals surface area contributed by atoms with Crippen LogP contribution in [-0.4, -0.2) is 53.7 Å². The largest absolute Gasteiger partial charge is 0.384 e. The normalized spacial score (nSPS) is 22.2. The Labute approximate surface area is 125 Å². The second-order valence-corrected chi connectivity index (χ2v) is 5.50. The molecule has 2 atom stereocenters. The predicted molar refractivity (Wildman–Crippen MR) is 80.7 cm³/mol. The van der Waals surface area contributed by atoms with E-state index in [0.29, 0.717) is 17.2 Å². The summed E-state index contributed by atoms with van der Waals surface area (Å²) in [5.41, 5.74) is 1.09. The molecule has 2 heterocycles. The SMILES string of the molecule is CC1CN(C)CCC1NC(=O)c1ccc(C#CCO)cn1. The van der Waals surface area contributed by atoms with Gasteiger partial charge in [-0.1, -0.05) is 18.8 Å². The third-order valence-corrected chi connectivity index (χ3v) is 3.73. The average Bonchev–Trinajstić information content (AvgIpc) is 2.48. The van der Waals surface area contributed by atoms with Crippen molar-refractivity contribution in [1.82, 2.24) is 15.2 Å². The standard InChI is InChI=1S/C16H21N3O2/c1-12-11-19(2)8-7-14(12)18-16(21)15-6-5-13(10-17-15)4-3-9-20/h5-6,10,12,14,20H,7-9,11H2,1-2H3,(H,18,21). The van der Waals surface area contributed by atoms with Gasteiger partial charge in [-0.05, 0) is 38.1 Å². The van der Waals surface area contributed by atoms with Gasteiger partial charge >= 0.3 is 0 Å². The van der Waals surface area contributed by atoms with Crippen molar-refractivity contribution in [3.8, 4) is 11.8 Å². The number of nitrogens with zero attached hydrogens (tertiary/aromatic N) is 2. The first-order chi connectivity index (χ1) is 10.1. The summed E-state index contributed by atoms with van der Waals surface area (Å²) in [7, 11) is 2.10. The van der Waals surface area contributed by atoms with Crippen molar-refractivity contribution in [3.63, 3.8) is 0 Å². The molecule has 0 aromatic carbocycles. The Bertz CT molecular complexity index is 545. The number of aliphatic hydroxyl groups is 1. The smallest absolute Gasteiger partial charge is 0.270 e. The second kappa shape index (κ2) is 7.21. The van der Waals surface area contributed by atoms with Crippen LogP contribution in [0.4, 0.5) is 0 Å². The van der Waals surface area contributed by atoms with Gasteiger partial charge in [-0.2, -0.15) is 0 Å². The molecule has 1 saturated heterocycles. The van der Waals surface area contributed by atoms with Crippen LogP contribution in [0.25, 0.3) is 0 Å². The number of hydrogen-bond acceptors (Lipinski definition) is 4. The van der Waals surface area contributed by atoms with E-state index in [4.69, 9.17) is 5.11 Å². The summed E-state index contributed by atoms with van der Waals surface area (Å²) in [4.78, 5) is 18.6. The molecule has 0 bridgehead atoms. The number of pyridine rings is 1. The molecule has 0 spiro atoms. The van der Waals surface area contributed by atoms with Crippen molar-refractivity contribution in [3.05, 3.63) is 29.6 Å². The summed E-state index contributed by atoms with van der Waals surface area (Å²) < 4.78 is 0. The van der Waals surface area contributed by atoms with E-state index in [-0.39, 0.29) is 18.6 Å². The highest BCUT2D eigenvalue weighted by Crippen LogP contribution is 2.15. The van der Waals surface area contributed by atoms with Gasteiger partial charge in [0.2, 0.25) is 0 Å². The van der Waals surface area contributed by atoms with Gasteiger partial charge in [0.05, 0.1) is 0 Å². The van der Waals surface area contributed by atoms with Gasteiger partial charge in [-0.15, -0.1) is 0 Å². The Kier molecular flexibility index (Phi) is 5.32. The molecule has 1 amide bonds. The van der Waals surface area contributed by atoms with Crippen molar-refractivity contribution in [2.75, 3.05) is 26.7 Å². The molecule has 1 aromatic heterocycles. The van der Waals surface area contributed by atoms with Crippen LogP contribution in [0.15, 0.2) is 18.3 Å². The third-order valence-electron chi connectivity index (χ3n) is 3.73. The average molecular weight is 287 g/mol. The topological polar surface area (TPSA) is 65.5 Å². The molecule has 1 fully saturated rings. The molecule has 2 rings (SSSR count). The molecule has 1 aromatic rings. The van der Waals surface area contributed by atoms with E-state index in [1.54, 1.807) is 18.3 Å². The maximum atomic E-state index is 12.2. The predicted octanol–water partition coefficient (Wildman–Crippen LogP) is 0.495. The highest BCUT2D eigenvalue weighted by molar-refractivity contribution is 5.92. The Morgan fingerprint density at radius 2 is 2.38 bits per heavy atom. The molecule has 1 aliphatic heterocycles. The molecule has 5 heteroatoms. The van der Waals surface area contributed by atoms with Crippen molar-refractivity contribution < 1.29 is 9.90 Å². The number of hydrogen-bond donors (Lipinski definition) is 2. The number of carbonyl (C=O) groups excluding carboxylic acids is 1. The molecule has 1 aliphatic rings. The third kappa shape index (κ3) is 4.28. The fourth-order valence-electron chi connectivity index (χ4n) is 2.55. The van der Waals surface area contributed by atoms with Gasteiger partial charge in [0, 0.05) is 24.3 Å². The van der Waals surface area contributed by atoms with Gasteiger partial charge in [0.15, 0.2) is 0 Å². The van der Waals surface area contributed by atoms with Crippen LogP contribution in [0.2, 0.25) is 0 Å². The molecule has 0 aliphatic carbocycles. The van der Waals surface area contributed by atoms with Gasteiger partial charge in [0.25, 0.3) is 5.91 Å². The molecule has 112 valence electrons. The van der Waals surface area contributed by atoms with Gasteiger partial charge in [-0.25, -0.2) is 4.98 Å². The van der Waals surface area contributed by atoms with Crippen LogP contribution in [0.3, 0.4) is 0 Å². The van der Waals surface area contributed by atoms with E-state index in [1.165, 1.54) is 0 Å². The Morgan fingerprint density at radius 3 is 3.00 bits per heavy atom. The fraction of sp³-hybridized carbons (Fsp3) is 0.500. The van der Waals surface area contributed by atoms with Gasteiger partial charge in [-0.3, -0.25) is 4.79 Å². The number of rotatable bonds is 2. The quantitative estimate of drug-likeness (QED) is 0.777.